The zero-order chi connectivity index (χ0) is 27.4. The molecule has 0 aliphatic carbocycles. The van der Waals surface area contributed by atoms with E-state index in [1.54, 1.807) is 18.2 Å². The molecule has 3 aromatic rings. The number of nitrogens with one attached hydrogen (secondary N) is 1. The summed E-state index contributed by atoms with van der Waals surface area (Å²) in [5.74, 6) is -0.281. The van der Waals surface area contributed by atoms with Crippen LogP contribution >= 0.6 is 0 Å². The molecule has 1 spiro atoms. The highest BCUT2D eigenvalue weighted by molar-refractivity contribution is 5.99. The van der Waals surface area contributed by atoms with Gasteiger partial charge in [0.2, 0.25) is 5.91 Å². The maximum absolute atomic E-state index is 13.1. The van der Waals surface area contributed by atoms with E-state index in [0.717, 1.165) is 19.3 Å². The third-order valence-corrected chi connectivity index (χ3v) is 7.56. The Labute approximate surface area is 228 Å². The van der Waals surface area contributed by atoms with Crippen LogP contribution in [0.1, 0.15) is 98.2 Å². The van der Waals surface area contributed by atoms with Crippen LogP contribution in [0, 0.1) is 0 Å². The molecule has 2 aliphatic rings. The smallest absolute Gasteiger partial charge is 0.340 e. The molecule has 39 heavy (non-hydrogen) atoms. The van der Waals surface area contributed by atoms with Gasteiger partial charge < -0.3 is 25.0 Å². The van der Waals surface area contributed by atoms with Gasteiger partial charge in [-0.15, -0.1) is 0 Å². The Bertz CT molecular complexity index is 1380. The first-order valence-electron chi connectivity index (χ1n) is 14.0. The van der Waals surface area contributed by atoms with Crippen LogP contribution in [0.4, 0.5) is 5.69 Å². The van der Waals surface area contributed by atoms with Gasteiger partial charge in [0.05, 0.1) is 16.8 Å². The number of fused-ring (bicyclic) bond motifs is 6. The second kappa shape index (κ2) is 11.4. The molecule has 204 valence electrons. The Morgan fingerprint density at radius 2 is 1.51 bits per heavy atom. The van der Waals surface area contributed by atoms with Crippen molar-refractivity contribution in [3.8, 4) is 23.0 Å². The van der Waals surface area contributed by atoms with Crippen LogP contribution in [0.25, 0.3) is 0 Å². The summed E-state index contributed by atoms with van der Waals surface area (Å²) in [4.78, 5) is 26.1. The van der Waals surface area contributed by atoms with Crippen molar-refractivity contribution >= 4 is 17.6 Å². The lowest BCUT2D eigenvalue weighted by molar-refractivity contribution is -0.116. The number of benzene rings is 3. The first-order valence-corrected chi connectivity index (χ1v) is 14.0. The maximum Gasteiger partial charge on any atom is 0.340 e. The van der Waals surface area contributed by atoms with Gasteiger partial charge in [0.25, 0.3) is 0 Å². The fourth-order valence-electron chi connectivity index (χ4n) is 5.69. The predicted octanol–water partition coefficient (Wildman–Crippen LogP) is 7.53. The van der Waals surface area contributed by atoms with Gasteiger partial charge in [-0.05, 0) is 24.6 Å². The average molecular weight is 530 g/mol. The Hall–Kier alpha value is -4.00. The van der Waals surface area contributed by atoms with Crippen LogP contribution in [0.3, 0.4) is 0 Å². The van der Waals surface area contributed by atoms with Gasteiger partial charge in [-0.3, -0.25) is 4.79 Å². The highest BCUT2D eigenvalue weighted by Gasteiger charge is 2.55. The van der Waals surface area contributed by atoms with Gasteiger partial charge in [0.1, 0.15) is 23.0 Å². The monoisotopic (exact) mass is 529 g/mol. The van der Waals surface area contributed by atoms with E-state index in [2.05, 4.69) is 12.2 Å². The molecule has 1 amide bonds. The SMILES string of the molecule is CCCCCCCCCCCC(=O)Nc1cc(O)cc2c1C1(OC(=O)c3ccccc31)c1ccc(O)cc1O2. The molecule has 2 aliphatic heterocycles. The predicted molar refractivity (Wildman–Crippen MR) is 149 cm³/mol. The average Bonchev–Trinajstić information content (AvgIpc) is 3.19. The third-order valence-electron chi connectivity index (χ3n) is 7.56. The van der Waals surface area contributed by atoms with Crippen molar-refractivity contribution in [1.29, 1.82) is 0 Å². The van der Waals surface area contributed by atoms with E-state index < -0.39 is 11.6 Å². The molecular weight excluding hydrogens is 494 g/mol. The number of unbranched alkanes of at least 4 members (excludes halogenated alkanes) is 8. The fraction of sp³-hybridized carbons (Fsp3) is 0.375. The molecule has 0 bridgehead atoms. The van der Waals surface area contributed by atoms with Gasteiger partial charge >= 0.3 is 5.97 Å². The minimum absolute atomic E-state index is 0.0143. The van der Waals surface area contributed by atoms with E-state index >= 15 is 0 Å². The summed E-state index contributed by atoms with van der Waals surface area (Å²) in [5, 5.41) is 23.6. The Kier molecular flexibility index (Phi) is 7.77. The number of phenols is 2. The number of ether oxygens (including phenoxy) is 2. The molecule has 3 aromatic carbocycles. The standard InChI is InChI=1S/C32H35NO6/c1-2-3-4-5-6-7-8-9-10-15-29(36)33-26-18-22(35)20-28-30(26)32(25-17-16-21(34)19-27(25)38-28)24-14-12-11-13-23(24)31(37)39-32/h11-14,16-20,34-35H,2-10,15H2,1H3,(H,33,36). The maximum atomic E-state index is 13.1. The van der Waals surface area contributed by atoms with E-state index in [1.807, 2.05) is 12.1 Å². The highest BCUT2D eigenvalue weighted by Crippen LogP contribution is 2.59. The largest absolute Gasteiger partial charge is 0.508 e. The topological polar surface area (TPSA) is 105 Å². The number of carbonyl (C=O) groups excluding carboxylic acids is 2. The zero-order valence-electron chi connectivity index (χ0n) is 22.3. The van der Waals surface area contributed by atoms with Crippen LogP contribution in [0.15, 0.2) is 54.6 Å². The van der Waals surface area contributed by atoms with Gasteiger partial charge in [0.15, 0.2) is 5.60 Å². The summed E-state index contributed by atoms with van der Waals surface area (Å²) in [6.45, 7) is 2.22. The number of hydrogen-bond acceptors (Lipinski definition) is 6. The van der Waals surface area contributed by atoms with Gasteiger partial charge in [-0.1, -0.05) is 76.5 Å². The molecule has 0 saturated heterocycles. The van der Waals surface area contributed by atoms with E-state index in [0.29, 0.717) is 40.1 Å². The van der Waals surface area contributed by atoms with Crippen molar-refractivity contribution in [2.45, 2.75) is 76.7 Å². The van der Waals surface area contributed by atoms with Crippen molar-refractivity contribution in [1.82, 2.24) is 0 Å². The van der Waals surface area contributed by atoms with E-state index in [9.17, 15) is 19.8 Å². The number of hydrogen-bond donors (Lipinski definition) is 3. The molecule has 0 radical (unpaired) electrons. The quantitative estimate of drug-likeness (QED) is 0.175. The molecule has 7 nitrogen and oxygen atoms in total. The minimum Gasteiger partial charge on any atom is -0.508 e. The number of carbonyl (C=O) groups is 2. The number of phenolic OH excluding ortho intramolecular Hbond substituents is 2. The van der Waals surface area contributed by atoms with Crippen molar-refractivity contribution in [2.24, 2.45) is 0 Å². The summed E-state index contributed by atoms with van der Waals surface area (Å²) in [5.41, 5.74) is 0.854. The van der Waals surface area contributed by atoms with Crippen LogP contribution < -0.4 is 10.1 Å². The summed E-state index contributed by atoms with van der Waals surface area (Å²) in [7, 11) is 0. The Balaban J connectivity index is 1.40. The lowest BCUT2D eigenvalue weighted by Gasteiger charge is -2.37. The van der Waals surface area contributed by atoms with Crippen molar-refractivity contribution in [3.05, 3.63) is 76.9 Å². The molecule has 0 saturated carbocycles. The van der Waals surface area contributed by atoms with Gasteiger partial charge in [-0.25, -0.2) is 4.79 Å². The van der Waals surface area contributed by atoms with E-state index in [4.69, 9.17) is 9.47 Å². The first-order chi connectivity index (χ1) is 18.9. The number of amides is 1. The van der Waals surface area contributed by atoms with Crippen LogP contribution in [0.2, 0.25) is 0 Å². The Morgan fingerprint density at radius 3 is 2.28 bits per heavy atom. The van der Waals surface area contributed by atoms with Crippen molar-refractivity contribution in [3.63, 3.8) is 0 Å². The molecule has 1 unspecified atom stereocenters. The molecule has 0 fully saturated rings. The van der Waals surface area contributed by atoms with Crippen molar-refractivity contribution < 1.29 is 29.3 Å². The van der Waals surface area contributed by atoms with E-state index in [1.165, 1.54) is 62.8 Å². The summed E-state index contributed by atoms with van der Waals surface area (Å²) >= 11 is 0. The zero-order valence-corrected chi connectivity index (χ0v) is 22.3. The minimum atomic E-state index is -1.42. The molecule has 5 rings (SSSR count). The molecule has 0 aromatic heterocycles. The fourth-order valence-corrected chi connectivity index (χ4v) is 5.69. The summed E-state index contributed by atoms with van der Waals surface area (Å²) < 4.78 is 12.2. The van der Waals surface area contributed by atoms with Gasteiger partial charge in [0, 0.05) is 35.7 Å². The normalized spacial score (nSPS) is 16.7. The Morgan fingerprint density at radius 1 is 0.821 bits per heavy atom. The summed E-state index contributed by atoms with van der Waals surface area (Å²) in [6.07, 6.45) is 10.7. The lowest BCUT2D eigenvalue weighted by atomic mass is 9.77. The molecule has 1 atom stereocenters. The highest BCUT2D eigenvalue weighted by atomic mass is 16.6. The van der Waals surface area contributed by atoms with E-state index in [-0.39, 0.29) is 23.2 Å². The third kappa shape index (κ3) is 5.18. The van der Waals surface area contributed by atoms with Crippen LogP contribution in [-0.4, -0.2) is 22.1 Å². The number of esters is 1. The second-order valence-electron chi connectivity index (χ2n) is 10.4. The molecule has 2 heterocycles. The molecule has 3 N–H and O–H groups in total. The lowest BCUT2D eigenvalue weighted by Crippen LogP contribution is -2.34. The van der Waals surface area contributed by atoms with Crippen LogP contribution in [-0.2, 0) is 15.1 Å². The molecule has 7 heteroatoms. The second-order valence-corrected chi connectivity index (χ2v) is 10.4. The first kappa shape index (κ1) is 26.6. The van der Waals surface area contributed by atoms with Crippen LogP contribution in [0.5, 0.6) is 23.0 Å². The number of aromatic hydroxyl groups is 2. The number of rotatable bonds is 11. The van der Waals surface area contributed by atoms with Gasteiger partial charge in [-0.2, -0.15) is 0 Å². The summed E-state index contributed by atoms with van der Waals surface area (Å²) in [6, 6.07) is 14.6. The van der Waals surface area contributed by atoms with Crippen molar-refractivity contribution in [2.75, 3.05) is 5.32 Å². The number of anilines is 1. The molecular formula is C32H35NO6.